The predicted molar refractivity (Wildman–Crippen MR) is 57.3 cm³/mol. The quantitative estimate of drug-likeness (QED) is 0.846. The van der Waals surface area contributed by atoms with Crippen molar-refractivity contribution in [1.29, 1.82) is 0 Å². The van der Waals surface area contributed by atoms with Gasteiger partial charge in [0.1, 0.15) is 5.82 Å². The molecule has 0 amide bonds. The van der Waals surface area contributed by atoms with Crippen molar-refractivity contribution >= 4 is 11.6 Å². The highest BCUT2D eigenvalue weighted by Gasteiger charge is 2.25. The van der Waals surface area contributed by atoms with Crippen LogP contribution in [0.5, 0.6) is 0 Å². The Morgan fingerprint density at radius 1 is 1.53 bits per heavy atom. The summed E-state index contributed by atoms with van der Waals surface area (Å²) in [5.74, 6) is -0.0495. The van der Waals surface area contributed by atoms with Crippen LogP contribution in [0.2, 0.25) is 5.02 Å². The summed E-state index contributed by atoms with van der Waals surface area (Å²) < 4.78 is 18.1. The normalized spacial score (nSPS) is 23.0. The van der Waals surface area contributed by atoms with Gasteiger partial charge in [-0.3, -0.25) is 0 Å². The first-order valence-electron chi connectivity index (χ1n) is 4.97. The number of rotatable bonds is 2. The Bertz CT molecular complexity index is 352. The topological polar surface area (TPSA) is 35.2 Å². The Kier molecular flexibility index (Phi) is 3.24. The fraction of sp³-hybridized carbons (Fsp3) is 0.455. The van der Waals surface area contributed by atoms with Crippen molar-refractivity contribution in [2.24, 2.45) is 11.7 Å². The third-order valence-corrected chi connectivity index (χ3v) is 3.12. The van der Waals surface area contributed by atoms with Gasteiger partial charge < -0.3 is 10.5 Å². The van der Waals surface area contributed by atoms with E-state index in [2.05, 4.69) is 0 Å². The predicted octanol–water partition coefficient (Wildman–Crippen LogP) is 2.52. The van der Waals surface area contributed by atoms with Gasteiger partial charge in [0, 0.05) is 23.6 Å². The fourth-order valence-corrected chi connectivity index (χ4v) is 2.15. The molecule has 1 aromatic carbocycles. The fourth-order valence-electron chi connectivity index (χ4n) is 1.86. The molecule has 2 rings (SSSR count). The molecule has 0 aliphatic carbocycles. The third-order valence-electron chi connectivity index (χ3n) is 2.79. The maximum absolute atomic E-state index is 12.8. The van der Waals surface area contributed by atoms with Crippen molar-refractivity contribution in [3.63, 3.8) is 0 Å². The summed E-state index contributed by atoms with van der Waals surface area (Å²) in [6.07, 6.45) is 0.939. The Morgan fingerprint density at radius 3 is 2.93 bits per heavy atom. The number of benzene rings is 1. The Morgan fingerprint density at radius 2 is 2.33 bits per heavy atom. The summed E-state index contributed by atoms with van der Waals surface area (Å²) in [6, 6.07) is 4.17. The highest BCUT2D eigenvalue weighted by atomic mass is 35.5. The third kappa shape index (κ3) is 2.30. The maximum Gasteiger partial charge on any atom is 0.124 e. The van der Waals surface area contributed by atoms with E-state index >= 15 is 0 Å². The molecule has 2 N–H and O–H groups in total. The smallest absolute Gasteiger partial charge is 0.124 e. The van der Waals surface area contributed by atoms with Crippen molar-refractivity contribution in [3.05, 3.63) is 34.6 Å². The van der Waals surface area contributed by atoms with Crippen LogP contribution in [0.25, 0.3) is 0 Å². The van der Waals surface area contributed by atoms with Gasteiger partial charge in [-0.1, -0.05) is 17.7 Å². The van der Waals surface area contributed by atoms with E-state index < -0.39 is 0 Å². The number of hydrogen-bond donors (Lipinski definition) is 1. The lowest BCUT2D eigenvalue weighted by molar-refractivity contribution is 0.181. The summed E-state index contributed by atoms with van der Waals surface area (Å²) in [4.78, 5) is 0. The molecule has 0 spiro atoms. The van der Waals surface area contributed by atoms with Crippen LogP contribution in [-0.2, 0) is 4.74 Å². The monoisotopic (exact) mass is 229 g/mol. The number of halogens is 2. The van der Waals surface area contributed by atoms with Crippen molar-refractivity contribution in [1.82, 2.24) is 0 Å². The van der Waals surface area contributed by atoms with Crippen molar-refractivity contribution in [3.8, 4) is 0 Å². The lowest BCUT2D eigenvalue weighted by atomic mass is 9.93. The van der Waals surface area contributed by atoms with Gasteiger partial charge in [-0.05, 0) is 24.1 Å². The van der Waals surface area contributed by atoms with Crippen molar-refractivity contribution in [2.75, 3.05) is 13.2 Å². The Hall–Kier alpha value is -0.640. The summed E-state index contributed by atoms with van der Waals surface area (Å²) >= 11 is 5.94. The van der Waals surface area contributed by atoms with Crippen molar-refractivity contribution < 1.29 is 9.13 Å². The van der Waals surface area contributed by atoms with E-state index in [9.17, 15) is 4.39 Å². The van der Waals surface area contributed by atoms with Gasteiger partial charge in [0.2, 0.25) is 0 Å². The molecular weight excluding hydrogens is 217 g/mol. The molecule has 1 aliphatic heterocycles. The van der Waals surface area contributed by atoms with Gasteiger partial charge >= 0.3 is 0 Å². The van der Waals surface area contributed by atoms with Crippen LogP contribution in [0.3, 0.4) is 0 Å². The van der Waals surface area contributed by atoms with Crippen LogP contribution in [-0.4, -0.2) is 13.2 Å². The molecule has 2 nitrogen and oxygen atoms in total. The molecule has 0 aromatic heterocycles. The molecule has 15 heavy (non-hydrogen) atoms. The maximum atomic E-state index is 12.8. The molecule has 1 saturated heterocycles. The van der Waals surface area contributed by atoms with Crippen LogP contribution in [0.1, 0.15) is 18.0 Å². The molecular formula is C11H13ClFNO. The van der Waals surface area contributed by atoms with Gasteiger partial charge in [-0.2, -0.15) is 0 Å². The van der Waals surface area contributed by atoms with Crippen molar-refractivity contribution in [2.45, 2.75) is 12.5 Å². The van der Waals surface area contributed by atoms with E-state index in [0.717, 1.165) is 18.6 Å². The van der Waals surface area contributed by atoms with E-state index in [4.69, 9.17) is 22.1 Å². The van der Waals surface area contributed by atoms with Crippen LogP contribution in [0.4, 0.5) is 4.39 Å². The van der Waals surface area contributed by atoms with Crippen LogP contribution >= 0.6 is 11.6 Å². The zero-order valence-corrected chi connectivity index (χ0v) is 9.01. The summed E-state index contributed by atoms with van der Waals surface area (Å²) in [7, 11) is 0. The molecule has 0 saturated carbocycles. The first-order valence-corrected chi connectivity index (χ1v) is 5.34. The summed E-state index contributed by atoms with van der Waals surface area (Å²) in [5, 5.41) is 0.398. The number of ether oxygens (including phenoxy) is 1. The van der Waals surface area contributed by atoms with E-state index in [-0.39, 0.29) is 17.8 Å². The highest BCUT2D eigenvalue weighted by Crippen LogP contribution is 2.31. The van der Waals surface area contributed by atoms with Crippen LogP contribution in [0, 0.1) is 11.7 Å². The largest absolute Gasteiger partial charge is 0.381 e. The minimum absolute atomic E-state index is 0.166. The van der Waals surface area contributed by atoms with E-state index in [1.807, 2.05) is 0 Å². The minimum atomic E-state index is -0.335. The standard InChI is InChI=1S/C11H13ClFNO/c12-10-5-8(13)1-2-9(10)11(14)7-3-4-15-6-7/h1-2,5,7,11H,3-4,6,14H2. The minimum Gasteiger partial charge on any atom is -0.381 e. The van der Waals surface area contributed by atoms with Gasteiger partial charge in [-0.25, -0.2) is 4.39 Å². The van der Waals surface area contributed by atoms with E-state index in [0.29, 0.717) is 11.6 Å². The van der Waals surface area contributed by atoms with Gasteiger partial charge in [0.25, 0.3) is 0 Å². The molecule has 1 heterocycles. The molecule has 2 atom stereocenters. The zero-order chi connectivity index (χ0) is 10.8. The van der Waals surface area contributed by atoms with E-state index in [1.165, 1.54) is 12.1 Å². The second-order valence-corrected chi connectivity index (χ2v) is 4.22. The Labute approximate surface area is 93.2 Å². The molecule has 0 radical (unpaired) electrons. The molecule has 1 aliphatic rings. The Balaban J connectivity index is 2.20. The van der Waals surface area contributed by atoms with E-state index in [1.54, 1.807) is 6.07 Å². The number of hydrogen-bond acceptors (Lipinski definition) is 2. The molecule has 1 fully saturated rings. The molecule has 2 unspecified atom stereocenters. The van der Waals surface area contributed by atoms with Gasteiger partial charge in [0.05, 0.1) is 6.61 Å². The summed E-state index contributed by atoms with van der Waals surface area (Å²) in [6.45, 7) is 1.41. The average molecular weight is 230 g/mol. The highest BCUT2D eigenvalue weighted by molar-refractivity contribution is 6.31. The van der Waals surface area contributed by atoms with Gasteiger partial charge in [-0.15, -0.1) is 0 Å². The molecule has 82 valence electrons. The second-order valence-electron chi connectivity index (χ2n) is 3.82. The lowest BCUT2D eigenvalue weighted by Gasteiger charge is -2.19. The molecule has 1 aromatic rings. The lowest BCUT2D eigenvalue weighted by Crippen LogP contribution is -2.21. The second kappa shape index (κ2) is 4.47. The average Bonchev–Trinajstić information content (AvgIpc) is 2.69. The molecule has 4 heteroatoms. The van der Waals surface area contributed by atoms with Crippen LogP contribution < -0.4 is 5.73 Å². The number of nitrogens with two attached hydrogens (primary N) is 1. The summed E-state index contributed by atoms with van der Waals surface area (Å²) in [5.41, 5.74) is 6.86. The SMILES string of the molecule is NC(c1ccc(F)cc1Cl)C1CCOC1. The molecule has 0 bridgehead atoms. The first-order chi connectivity index (χ1) is 7.18. The van der Waals surface area contributed by atoms with Crippen LogP contribution in [0.15, 0.2) is 18.2 Å². The first kappa shape index (κ1) is 10.9. The van der Waals surface area contributed by atoms with Gasteiger partial charge in [0.15, 0.2) is 0 Å². The zero-order valence-electron chi connectivity index (χ0n) is 8.25.